The van der Waals surface area contributed by atoms with Crippen LogP contribution in [0.4, 0.5) is 0 Å². The Kier molecular flexibility index (Phi) is 4.62. The smallest absolute Gasteiger partial charge is 0.0474 e. The van der Waals surface area contributed by atoms with Crippen molar-refractivity contribution in [1.82, 2.24) is 5.32 Å². The molecular weight excluding hydrogens is 200 g/mol. The summed E-state index contributed by atoms with van der Waals surface area (Å²) >= 11 is 0. The first-order chi connectivity index (χ1) is 7.85. The Hall–Kier alpha value is -0.120. The second-order valence-electron chi connectivity index (χ2n) is 5.53. The van der Waals surface area contributed by atoms with E-state index in [2.05, 4.69) is 5.32 Å². The molecule has 2 rings (SSSR count). The van der Waals surface area contributed by atoms with Crippen molar-refractivity contribution in [3.8, 4) is 0 Å². The van der Waals surface area contributed by atoms with Crippen LogP contribution in [0.1, 0.15) is 44.9 Å². The Balaban J connectivity index is 1.85. The quantitative estimate of drug-likeness (QED) is 0.661. The molecule has 3 heteroatoms. The van der Waals surface area contributed by atoms with Crippen molar-refractivity contribution >= 4 is 0 Å². The molecule has 2 fully saturated rings. The maximum absolute atomic E-state index is 9.32. The van der Waals surface area contributed by atoms with Gasteiger partial charge in [0.2, 0.25) is 0 Å². The molecule has 4 N–H and O–H groups in total. The van der Waals surface area contributed by atoms with Gasteiger partial charge in [-0.1, -0.05) is 19.3 Å². The van der Waals surface area contributed by atoms with Crippen LogP contribution in [0.5, 0.6) is 0 Å². The fourth-order valence-corrected chi connectivity index (χ4v) is 3.51. The van der Waals surface area contributed by atoms with Crippen LogP contribution in [0.3, 0.4) is 0 Å². The van der Waals surface area contributed by atoms with E-state index >= 15 is 0 Å². The number of aliphatic hydroxyl groups excluding tert-OH is 1. The fourth-order valence-electron chi connectivity index (χ4n) is 3.51. The van der Waals surface area contributed by atoms with Crippen molar-refractivity contribution in [3.05, 3.63) is 0 Å². The molecule has 3 nitrogen and oxygen atoms in total. The van der Waals surface area contributed by atoms with Crippen LogP contribution in [0.15, 0.2) is 0 Å². The third-order valence-corrected chi connectivity index (χ3v) is 4.54. The van der Waals surface area contributed by atoms with Crippen LogP contribution in [0.25, 0.3) is 0 Å². The van der Waals surface area contributed by atoms with Gasteiger partial charge in [-0.3, -0.25) is 0 Å². The van der Waals surface area contributed by atoms with Gasteiger partial charge in [0.15, 0.2) is 0 Å². The number of hydrogen-bond donors (Lipinski definition) is 3. The zero-order valence-electron chi connectivity index (χ0n) is 10.2. The highest BCUT2D eigenvalue weighted by molar-refractivity contribution is 4.89. The molecule has 16 heavy (non-hydrogen) atoms. The van der Waals surface area contributed by atoms with E-state index in [9.17, 15) is 5.11 Å². The molecule has 2 saturated carbocycles. The Morgan fingerprint density at radius 2 is 1.88 bits per heavy atom. The van der Waals surface area contributed by atoms with E-state index in [1.165, 1.54) is 44.9 Å². The second-order valence-corrected chi connectivity index (χ2v) is 5.53. The summed E-state index contributed by atoms with van der Waals surface area (Å²) in [7, 11) is 0. The Morgan fingerprint density at radius 3 is 2.50 bits per heavy atom. The van der Waals surface area contributed by atoms with E-state index in [0.29, 0.717) is 24.6 Å². The molecule has 3 atom stereocenters. The third kappa shape index (κ3) is 2.76. The summed E-state index contributed by atoms with van der Waals surface area (Å²) in [6.45, 7) is 1.08. The molecular formula is C13H26N2O. The third-order valence-electron chi connectivity index (χ3n) is 4.54. The Bertz CT molecular complexity index is 204. The van der Waals surface area contributed by atoms with Gasteiger partial charge in [0.25, 0.3) is 0 Å². The molecule has 0 spiro atoms. The van der Waals surface area contributed by atoms with Crippen molar-refractivity contribution in [3.63, 3.8) is 0 Å². The largest absolute Gasteiger partial charge is 0.396 e. The molecule has 2 aliphatic rings. The van der Waals surface area contributed by atoms with E-state index < -0.39 is 0 Å². The minimum absolute atomic E-state index is 0.333. The van der Waals surface area contributed by atoms with Gasteiger partial charge in [0, 0.05) is 25.2 Å². The highest BCUT2D eigenvalue weighted by atomic mass is 16.3. The molecule has 0 bridgehead atoms. The summed E-state index contributed by atoms with van der Waals surface area (Å²) in [5, 5.41) is 13.0. The predicted molar refractivity (Wildman–Crippen MR) is 66.2 cm³/mol. The van der Waals surface area contributed by atoms with E-state index in [1.54, 1.807) is 0 Å². The number of rotatable bonds is 5. The van der Waals surface area contributed by atoms with Crippen LogP contribution in [0.2, 0.25) is 0 Å². The van der Waals surface area contributed by atoms with Gasteiger partial charge in [0.05, 0.1) is 0 Å². The molecule has 2 aliphatic carbocycles. The molecule has 0 aromatic rings. The van der Waals surface area contributed by atoms with Crippen molar-refractivity contribution in [2.45, 2.75) is 57.0 Å². The fraction of sp³-hybridized carbons (Fsp3) is 1.00. The van der Waals surface area contributed by atoms with Gasteiger partial charge in [-0.25, -0.2) is 0 Å². The van der Waals surface area contributed by atoms with Crippen LogP contribution in [-0.2, 0) is 0 Å². The first-order valence-electron chi connectivity index (χ1n) is 6.92. The van der Waals surface area contributed by atoms with E-state index in [4.69, 9.17) is 5.73 Å². The van der Waals surface area contributed by atoms with Gasteiger partial charge in [-0.05, 0) is 37.5 Å². The molecule has 3 unspecified atom stereocenters. The number of nitrogens with two attached hydrogens (primary N) is 1. The molecule has 0 amide bonds. The number of nitrogens with one attached hydrogen (secondary N) is 1. The maximum Gasteiger partial charge on any atom is 0.0474 e. The molecule has 0 heterocycles. The highest BCUT2D eigenvalue weighted by Crippen LogP contribution is 2.30. The second kappa shape index (κ2) is 5.99. The van der Waals surface area contributed by atoms with Gasteiger partial charge in [-0.2, -0.15) is 0 Å². The average molecular weight is 226 g/mol. The summed E-state index contributed by atoms with van der Waals surface area (Å²) < 4.78 is 0. The standard InChI is InChI=1S/C13H26N2O/c14-8-13(10-4-1-2-5-10)15-12-7-3-6-11(12)9-16/h10-13,15-16H,1-9,14H2. The summed E-state index contributed by atoms with van der Waals surface area (Å²) in [6, 6.07) is 0.999. The van der Waals surface area contributed by atoms with E-state index in [0.717, 1.165) is 12.5 Å². The van der Waals surface area contributed by atoms with Crippen molar-refractivity contribution in [2.24, 2.45) is 17.6 Å². The molecule has 0 saturated heterocycles. The summed E-state index contributed by atoms with van der Waals surface area (Å²) in [5.41, 5.74) is 5.89. The first kappa shape index (κ1) is 12.3. The lowest BCUT2D eigenvalue weighted by atomic mass is 9.95. The van der Waals surface area contributed by atoms with Gasteiger partial charge in [0.1, 0.15) is 0 Å². The van der Waals surface area contributed by atoms with Gasteiger partial charge in [-0.15, -0.1) is 0 Å². The lowest BCUT2D eigenvalue weighted by molar-refractivity contribution is 0.191. The SMILES string of the molecule is NCC(NC1CCCC1CO)C1CCCC1. The molecule has 0 aromatic carbocycles. The van der Waals surface area contributed by atoms with Crippen molar-refractivity contribution in [1.29, 1.82) is 0 Å². The van der Waals surface area contributed by atoms with E-state index in [1.807, 2.05) is 0 Å². The molecule has 0 aliphatic heterocycles. The zero-order chi connectivity index (χ0) is 11.4. The van der Waals surface area contributed by atoms with Gasteiger partial charge >= 0.3 is 0 Å². The first-order valence-corrected chi connectivity index (χ1v) is 6.92. The predicted octanol–water partition coefficient (Wildman–Crippen LogP) is 1.25. The van der Waals surface area contributed by atoms with Crippen molar-refractivity contribution in [2.75, 3.05) is 13.2 Å². The number of hydrogen-bond acceptors (Lipinski definition) is 3. The Labute approximate surface area is 98.8 Å². The van der Waals surface area contributed by atoms with Crippen LogP contribution in [-0.4, -0.2) is 30.3 Å². The average Bonchev–Trinajstić information content (AvgIpc) is 2.96. The lowest BCUT2D eigenvalue weighted by Crippen LogP contribution is -2.48. The monoisotopic (exact) mass is 226 g/mol. The summed E-state index contributed by atoms with van der Waals surface area (Å²) in [5.74, 6) is 1.25. The molecule has 94 valence electrons. The van der Waals surface area contributed by atoms with Crippen LogP contribution in [0, 0.1) is 11.8 Å². The Morgan fingerprint density at radius 1 is 1.12 bits per heavy atom. The summed E-state index contributed by atoms with van der Waals surface area (Å²) in [6.07, 6.45) is 9.07. The number of aliphatic hydroxyl groups is 1. The summed E-state index contributed by atoms with van der Waals surface area (Å²) in [4.78, 5) is 0. The normalized spacial score (nSPS) is 33.4. The van der Waals surface area contributed by atoms with Gasteiger partial charge < -0.3 is 16.2 Å². The van der Waals surface area contributed by atoms with Crippen LogP contribution >= 0.6 is 0 Å². The minimum Gasteiger partial charge on any atom is -0.396 e. The van der Waals surface area contributed by atoms with Crippen molar-refractivity contribution < 1.29 is 5.11 Å². The lowest BCUT2D eigenvalue weighted by Gasteiger charge is -2.29. The molecule has 0 radical (unpaired) electrons. The van der Waals surface area contributed by atoms with E-state index in [-0.39, 0.29) is 0 Å². The minimum atomic E-state index is 0.333. The highest BCUT2D eigenvalue weighted by Gasteiger charge is 2.31. The van der Waals surface area contributed by atoms with Crippen LogP contribution < -0.4 is 11.1 Å². The molecule has 0 aromatic heterocycles. The zero-order valence-corrected chi connectivity index (χ0v) is 10.2. The maximum atomic E-state index is 9.32. The topological polar surface area (TPSA) is 58.3 Å².